The van der Waals surface area contributed by atoms with Crippen LogP contribution >= 0.6 is 11.6 Å². The van der Waals surface area contributed by atoms with E-state index in [1.165, 1.54) is 12.8 Å². The lowest BCUT2D eigenvalue weighted by Gasteiger charge is -2.15. The minimum Gasteiger partial charge on any atom is -0.340 e. The fourth-order valence-corrected chi connectivity index (χ4v) is 3.19. The number of hydrogen-bond acceptors (Lipinski definition) is 2. The fraction of sp³-hybridized carbons (Fsp3) is 0.333. The van der Waals surface area contributed by atoms with Crippen LogP contribution in [0.4, 0.5) is 0 Å². The van der Waals surface area contributed by atoms with E-state index in [1.54, 1.807) is 0 Å². The van der Waals surface area contributed by atoms with Gasteiger partial charge in [0.1, 0.15) is 5.82 Å². The van der Waals surface area contributed by atoms with E-state index >= 15 is 0 Å². The molecule has 4 nitrogen and oxygen atoms in total. The van der Waals surface area contributed by atoms with Gasteiger partial charge in [0.2, 0.25) is 0 Å². The van der Waals surface area contributed by atoms with Gasteiger partial charge in [-0.25, -0.2) is 0 Å². The van der Waals surface area contributed by atoms with Crippen molar-refractivity contribution in [2.75, 3.05) is 0 Å². The Balaban J connectivity index is 1.74. The van der Waals surface area contributed by atoms with Gasteiger partial charge in [0, 0.05) is 35.1 Å². The molecule has 0 saturated heterocycles. The minimum atomic E-state index is 0.747. The number of fused-ring (bicyclic) bond motifs is 2. The molecular formula is C15H15ClN4. The number of aromatic nitrogens is 4. The first kappa shape index (κ1) is 12.0. The van der Waals surface area contributed by atoms with Crippen LogP contribution in [0.3, 0.4) is 0 Å². The summed E-state index contributed by atoms with van der Waals surface area (Å²) in [6.07, 6.45) is 5.56. The number of benzene rings is 1. The van der Waals surface area contributed by atoms with Crippen molar-refractivity contribution in [1.82, 2.24) is 19.3 Å². The number of aryl methyl sites for hydroxylation is 1. The van der Waals surface area contributed by atoms with Crippen LogP contribution in [-0.4, -0.2) is 19.3 Å². The lowest BCUT2D eigenvalue weighted by Crippen LogP contribution is -2.14. The van der Waals surface area contributed by atoms with Crippen molar-refractivity contribution < 1.29 is 0 Å². The van der Waals surface area contributed by atoms with Gasteiger partial charge in [-0.3, -0.25) is 0 Å². The third-order valence-corrected chi connectivity index (χ3v) is 4.34. The Kier molecular flexibility index (Phi) is 2.77. The Morgan fingerprint density at radius 1 is 1.15 bits per heavy atom. The van der Waals surface area contributed by atoms with Crippen molar-refractivity contribution in [1.29, 1.82) is 0 Å². The fourth-order valence-electron chi connectivity index (χ4n) is 2.96. The lowest BCUT2D eigenvalue weighted by molar-refractivity contribution is 0.503. The summed E-state index contributed by atoms with van der Waals surface area (Å²) in [7, 11) is 0. The SMILES string of the molecule is Clc1cccc2c1ccn2Cc1nnc2n1CCCC2. The third-order valence-electron chi connectivity index (χ3n) is 4.01. The van der Waals surface area contributed by atoms with Gasteiger partial charge in [0.05, 0.1) is 6.54 Å². The highest BCUT2D eigenvalue weighted by atomic mass is 35.5. The van der Waals surface area contributed by atoms with Crippen molar-refractivity contribution in [3.8, 4) is 0 Å². The first-order valence-corrected chi connectivity index (χ1v) is 7.35. The number of rotatable bonds is 2. The average molecular weight is 287 g/mol. The molecule has 1 aliphatic heterocycles. The smallest absolute Gasteiger partial charge is 0.153 e. The number of nitrogens with zero attached hydrogens (tertiary/aromatic N) is 4. The molecule has 3 aromatic rings. The van der Waals surface area contributed by atoms with Gasteiger partial charge in [-0.15, -0.1) is 10.2 Å². The molecule has 0 amide bonds. The van der Waals surface area contributed by atoms with Gasteiger partial charge >= 0.3 is 0 Å². The summed E-state index contributed by atoms with van der Waals surface area (Å²) in [4.78, 5) is 0. The maximum atomic E-state index is 6.22. The molecule has 3 heterocycles. The summed E-state index contributed by atoms with van der Waals surface area (Å²) in [6.45, 7) is 1.79. The van der Waals surface area contributed by atoms with Gasteiger partial charge in [-0.2, -0.15) is 0 Å². The van der Waals surface area contributed by atoms with Crippen molar-refractivity contribution in [2.45, 2.75) is 32.4 Å². The zero-order chi connectivity index (χ0) is 13.5. The quantitative estimate of drug-likeness (QED) is 0.725. The molecule has 5 heteroatoms. The molecular weight excluding hydrogens is 272 g/mol. The number of hydrogen-bond donors (Lipinski definition) is 0. The molecule has 0 unspecified atom stereocenters. The van der Waals surface area contributed by atoms with Crippen molar-refractivity contribution in [3.05, 3.63) is 47.1 Å². The van der Waals surface area contributed by atoms with Gasteiger partial charge in [-0.05, 0) is 31.0 Å². The van der Waals surface area contributed by atoms with E-state index in [-0.39, 0.29) is 0 Å². The van der Waals surface area contributed by atoms with Gasteiger partial charge in [-0.1, -0.05) is 17.7 Å². The second kappa shape index (κ2) is 4.63. The molecule has 0 spiro atoms. The standard InChI is InChI=1S/C15H15ClN4/c16-12-4-3-5-13-11(12)7-9-19(13)10-15-18-17-14-6-1-2-8-20(14)15/h3-5,7,9H,1-2,6,8,10H2. The Labute approximate surface area is 122 Å². The first-order chi connectivity index (χ1) is 9.83. The van der Waals surface area contributed by atoms with Crippen molar-refractivity contribution in [3.63, 3.8) is 0 Å². The molecule has 20 heavy (non-hydrogen) atoms. The summed E-state index contributed by atoms with van der Waals surface area (Å²) < 4.78 is 4.45. The monoisotopic (exact) mass is 286 g/mol. The second-order valence-corrected chi connectivity index (χ2v) is 5.66. The molecule has 0 saturated carbocycles. The first-order valence-electron chi connectivity index (χ1n) is 6.97. The van der Waals surface area contributed by atoms with E-state index in [1.807, 2.05) is 12.1 Å². The van der Waals surface area contributed by atoms with Gasteiger partial charge < -0.3 is 9.13 Å². The molecule has 0 radical (unpaired) electrons. The molecule has 2 aromatic heterocycles. The van der Waals surface area contributed by atoms with E-state index < -0.39 is 0 Å². The van der Waals surface area contributed by atoms with Crippen LogP contribution in [0, 0.1) is 0 Å². The van der Waals surface area contributed by atoms with Crippen LogP contribution in [0.5, 0.6) is 0 Å². The molecule has 1 aliphatic rings. The topological polar surface area (TPSA) is 35.6 Å². The van der Waals surface area contributed by atoms with E-state index in [0.29, 0.717) is 0 Å². The summed E-state index contributed by atoms with van der Waals surface area (Å²) in [5.41, 5.74) is 1.14. The van der Waals surface area contributed by atoms with E-state index in [4.69, 9.17) is 11.6 Å². The third kappa shape index (κ3) is 1.83. The predicted molar refractivity (Wildman–Crippen MR) is 79.0 cm³/mol. The molecule has 0 aliphatic carbocycles. The Morgan fingerprint density at radius 3 is 3.05 bits per heavy atom. The molecule has 4 rings (SSSR count). The van der Waals surface area contributed by atoms with E-state index in [0.717, 1.165) is 47.1 Å². The Morgan fingerprint density at radius 2 is 2.10 bits per heavy atom. The number of halogens is 1. The van der Waals surface area contributed by atoms with Crippen molar-refractivity contribution in [2.24, 2.45) is 0 Å². The second-order valence-electron chi connectivity index (χ2n) is 5.26. The van der Waals surface area contributed by atoms with Crippen LogP contribution in [-0.2, 0) is 19.5 Å². The molecule has 0 bridgehead atoms. The Bertz CT molecular complexity index is 771. The minimum absolute atomic E-state index is 0.747. The highest BCUT2D eigenvalue weighted by Crippen LogP contribution is 2.25. The molecule has 0 N–H and O–H groups in total. The van der Waals surface area contributed by atoms with Crippen LogP contribution in [0.1, 0.15) is 24.5 Å². The normalized spacial score (nSPS) is 14.7. The largest absolute Gasteiger partial charge is 0.340 e. The zero-order valence-corrected chi connectivity index (χ0v) is 11.8. The van der Waals surface area contributed by atoms with E-state index in [2.05, 4.69) is 37.7 Å². The van der Waals surface area contributed by atoms with E-state index in [9.17, 15) is 0 Å². The maximum Gasteiger partial charge on any atom is 0.153 e. The average Bonchev–Trinajstić information content (AvgIpc) is 3.06. The zero-order valence-electron chi connectivity index (χ0n) is 11.1. The highest BCUT2D eigenvalue weighted by Gasteiger charge is 2.16. The van der Waals surface area contributed by atoms with Crippen LogP contribution in [0.2, 0.25) is 5.02 Å². The lowest BCUT2D eigenvalue weighted by atomic mass is 10.2. The van der Waals surface area contributed by atoms with Gasteiger partial charge in [0.25, 0.3) is 0 Å². The van der Waals surface area contributed by atoms with Gasteiger partial charge in [0.15, 0.2) is 5.82 Å². The molecule has 102 valence electrons. The molecule has 0 atom stereocenters. The van der Waals surface area contributed by atoms with Crippen molar-refractivity contribution >= 4 is 22.5 Å². The predicted octanol–water partition coefficient (Wildman–Crippen LogP) is 3.27. The van der Waals surface area contributed by atoms with Crippen LogP contribution < -0.4 is 0 Å². The Hall–Kier alpha value is -1.81. The molecule has 0 fully saturated rings. The maximum absolute atomic E-state index is 6.22. The summed E-state index contributed by atoms with van der Waals surface area (Å²) in [6, 6.07) is 8.06. The molecule has 1 aromatic carbocycles. The van der Waals surface area contributed by atoms with Crippen LogP contribution in [0.25, 0.3) is 10.9 Å². The summed E-state index contributed by atoms with van der Waals surface area (Å²) in [5.74, 6) is 2.16. The summed E-state index contributed by atoms with van der Waals surface area (Å²) in [5, 5.41) is 10.6. The summed E-state index contributed by atoms with van der Waals surface area (Å²) >= 11 is 6.22. The van der Waals surface area contributed by atoms with Crippen LogP contribution in [0.15, 0.2) is 30.5 Å². The highest BCUT2D eigenvalue weighted by molar-refractivity contribution is 6.35.